The lowest BCUT2D eigenvalue weighted by Gasteiger charge is -2.19. The van der Waals surface area contributed by atoms with Gasteiger partial charge < -0.3 is 15.5 Å². The Labute approximate surface area is 233 Å². The van der Waals surface area contributed by atoms with Gasteiger partial charge in [0.15, 0.2) is 0 Å². The average molecular weight is 625 g/mol. The first-order valence-corrected chi connectivity index (χ1v) is 13.4. The molecule has 1 saturated carbocycles. The van der Waals surface area contributed by atoms with Crippen LogP contribution >= 0.6 is 0 Å². The predicted molar refractivity (Wildman–Crippen MR) is 130 cm³/mol. The largest absolute Gasteiger partial charge is 0.416 e. The summed E-state index contributed by atoms with van der Waals surface area (Å²) in [6, 6.07) is 1.37. The van der Waals surface area contributed by atoms with Crippen LogP contribution < -0.4 is 10.5 Å². The smallest absolute Gasteiger partial charge is 0.390 e. The number of nitrogens with two attached hydrogens (primary N) is 1. The quantitative estimate of drug-likeness (QED) is 0.202. The Balaban J connectivity index is 1.52. The molecule has 1 aliphatic carbocycles. The lowest BCUT2D eigenvalue weighted by Crippen LogP contribution is -2.36. The molecule has 228 valence electrons. The molecule has 0 bridgehead atoms. The number of halogens is 6. The molecule has 1 fully saturated rings. The van der Waals surface area contributed by atoms with Crippen molar-refractivity contribution >= 4 is 21.9 Å². The Morgan fingerprint density at radius 1 is 1.10 bits per heavy atom. The monoisotopic (exact) mass is 624 g/mol. The zero-order valence-corrected chi connectivity index (χ0v) is 21.9. The van der Waals surface area contributed by atoms with Crippen molar-refractivity contribution in [3.63, 3.8) is 0 Å². The SMILES string of the molecule is NS(=O)(=O)OC[C@H]1C[C@@H](Nc2ncncc2C(=O)c2ccn(Cc3cc(C(F)(F)F)cc(C(F)(F)F)c3)n2)[C@H](O)[C@@H]1O. The fourth-order valence-electron chi connectivity index (χ4n) is 4.41. The van der Waals surface area contributed by atoms with Gasteiger partial charge in [-0.05, 0) is 36.2 Å². The number of carbonyl (C=O) groups is 1. The van der Waals surface area contributed by atoms with Crippen LogP contribution in [0.4, 0.5) is 32.2 Å². The second-order valence-corrected chi connectivity index (χ2v) is 10.7. The van der Waals surface area contributed by atoms with Gasteiger partial charge in [0.2, 0.25) is 5.78 Å². The van der Waals surface area contributed by atoms with E-state index in [1.165, 1.54) is 12.3 Å². The fourth-order valence-corrected chi connectivity index (χ4v) is 4.77. The van der Waals surface area contributed by atoms with E-state index < -0.39 is 76.9 Å². The first kappa shape index (κ1) is 31.3. The van der Waals surface area contributed by atoms with E-state index in [4.69, 9.17) is 5.14 Å². The van der Waals surface area contributed by atoms with Gasteiger partial charge in [-0.1, -0.05) is 0 Å². The highest BCUT2D eigenvalue weighted by atomic mass is 32.2. The van der Waals surface area contributed by atoms with Crippen LogP contribution in [0.3, 0.4) is 0 Å². The number of aliphatic hydroxyl groups excluding tert-OH is 2. The van der Waals surface area contributed by atoms with Gasteiger partial charge in [-0.3, -0.25) is 13.7 Å². The summed E-state index contributed by atoms with van der Waals surface area (Å²) in [6.07, 6.45) is -9.54. The van der Waals surface area contributed by atoms with Gasteiger partial charge in [0.05, 0.1) is 42.0 Å². The van der Waals surface area contributed by atoms with Crippen LogP contribution in [0.15, 0.2) is 43.0 Å². The summed E-state index contributed by atoms with van der Waals surface area (Å²) in [5.41, 5.74) is -3.76. The molecule has 2 heterocycles. The van der Waals surface area contributed by atoms with Crippen molar-refractivity contribution in [1.29, 1.82) is 0 Å². The third-order valence-electron chi connectivity index (χ3n) is 6.39. The highest BCUT2D eigenvalue weighted by Crippen LogP contribution is 2.36. The summed E-state index contributed by atoms with van der Waals surface area (Å²) in [7, 11) is -4.30. The zero-order chi connectivity index (χ0) is 31.0. The molecule has 0 radical (unpaired) electrons. The molecule has 42 heavy (non-hydrogen) atoms. The lowest BCUT2D eigenvalue weighted by molar-refractivity contribution is -0.143. The van der Waals surface area contributed by atoms with E-state index in [9.17, 15) is 49.8 Å². The van der Waals surface area contributed by atoms with Crippen LogP contribution in [0.5, 0.6) is 0 Å². The van der Waals surface area contributed by atoms with E-state index in [1.54, 1.807) is 0 Å². The number of hydrogen-bond acceptors (Lipinski definition) is 10. The standard InChI is InChI=1S/C23H22F6N6O6S/c24-22(25,26)13-3-11(4-14(6-13)23(27,28)29)8-35-2-1-16(34-35)19(37)15-7-31-10-32-21(15)33-17-5-12(18(36)20(17)38)9-41-42(30,39)40/h1-4,6-7,10,12,17-18,20,36,38H,5,8-9H2,(H2,30,39,40)(H,31,32,33)/t12-,17-,18-,20+/m1/s1. The number of alkyl halides is 6. The molecule has 3 aromatic rings. The van der Waals surface area contributed by atoms with Crippen LogP contribution in [0.2, 0.25) is 0 Å². The van der Waals surface area contributed by atoms with Crippen molar-refractivity contribution in [2.75, 3.05) is 11.9 Å². The van der Waals surface area contributed by atoms with Crippen LogP contribution in [0.25, 0.3) is 0 Å². The maximum absolute atomic E-state index is 13.2. The van der Waals surface area contributed by atoms with E-state index in [0.717, 1.165) is 17.2 Å². The third-order valence-corrected chi connectivity index (χ3v) is 6.86. The summed E-state index contributed by atoms with van der Waals surface area (Å²) in [6.45, 7) is -1.04. The summed E-state index contributed by atoms with van der Waals surface area (Å²) >= 11 is 0. The number of aromatic nitrogens is 4. The summed E-state index contributed by atoms with van der Waals surface area (Å²) in [5, 5.41) is 32.2. The number of nitrogens with zero attached hydrogens (tertiary/aromatic N) is 4. The van der Waals surface area contributed by atoms with Gasteiger partial charge in [0.25, 0.3) is 0 Å². The normalized spacial score (nSPS) is 21.5. The van der Waals surface area contributed by atoms with Crippen molar-refractivity contribution in [3.8, 4) is 0 Å². The Morgan fingerprint density at radius 2 is 1.74 bits per heavy atom. The molecular weight excluding hydrogens is 602 g/mol. The molecule has 2 aromatic heterocycles. The van der Waals surface area contributed by atoms with Gasteiger partial charge in [0.1, 0.15) is 23.9 Å². The summed E-state index contributed by atoms with van der Waals surface area (Å²) < 4.78 is 107. The van der Waals surface area contributed by atoms with E-state index in [-0.39, 0.29) is 35.1 Å². The second kappa shape index (κ2) is 11.6. The van der Waals surface area contributed by atoms with Crippen LogP contribution in [0, 0.1) is 5.92 Å². The minimum atomic E-state index is -5.03. The average Bonchev–Trinajstić information content (AvgIpc) is 3.46. The van der Waals surface area contributed by atoms with Crippen LogP contribution in [0.1, 0.15) is 39.2 Å². The number of anilines is 1. The highest BCUT2D eigenvalue weighted by molar-refractivity contribution is 7.84. The highest BCUT2D eigenvalue weighted by Gasteiger charge is 2.42. The molecule has 0 amide bonds. The minimum Gasteiger partial charge on any atom is -0.390 e. The number of carbonyl (C=O) groups excluding carboxylic acids is 1. The van der Waals surface area contributed by atoms with E-state index in [2.05, 4.69) is 24.6 Å². The van der Waals surface area contributed by atoms with Crippen molar-refractivity contribution in [1.82, 2.24) is 19.7 Å². The molecular formula is C23H22F6N6O6S. The Kier molecular flexibility index (Phi) is 8.61. The minimum absolute atomic E-state index is 0.00109. The van der Waals surface area contributed by atoms with Crippen LogP contribution in [-0.4, -0.2) is 69.0 Å². The van der Waals surface area contributed by atoms with Gasteiger partial charge >= 0.3 is 22.7 Å². The maximum Gasteiger partial charge on any atom is 0.416 e. The third kappa shape index (κ3) is 7.40. The van der Waals surface area contributed by atoms with E-state index in [1.807, 2.05) is 0 Å². The molecule has 0 saturated heterocycles. The van der Waals surface area contributed by atoms with Gasteiger partial charge in [-0.15, -0.1) is 0 Å². The predicted octanol–water partition coefficient (Wildman–Crippen LogP) is 1.73. The first-order valence-electron chi connectivity index (χ1n) is 11.9. The second-order valence-electron chi connectivity index (χ2n) is 9.43. The molecule has 1 aliphatic rings. The number of rotatable bonds is 9. The molecule has 4 atom stereocenters. The van der Waals surface area contributed by atoms with E-state index >= 15 is 0 Å². The van der Waals surface area contributed by atoms with Gasteiger partial charge in [-0.25, -0.2) is 15.1 Å². The zero-order valence-electron chi connectivity index (χ0n) is 21.0. The first-order chi connectivity index (χ1) is 19.4. The summed E-state index contributed by atoms with van der Waals surface area (Å²) in [4.78, 5) is 20.9. The summed E-state index contributed by atoms with van der Waals surface area (Å²) in [5.74, 6) is -1.72. The Morgan fingerprint density at radius 3 is 2.33 bits per heavy atom. The number of aliphatic hydroxyl groups is 2. The van der Waals surface area contributed by atoms with Gasteiger partial charge in [0, 0.05) is 18.3 Å². The maximum atomic E-state index is 13.2. The van der Waals surface area contributed by atoms with Crippen molar-refractivity contribution < 1.29 is 54.0 Å². The Hall–Kier alpha value is -3.65. The van der Waals surface area contributed by atoms with Gasteiger partial charge in [-0.2, -0.15) is 39.9 Å². The van der Waals surface area contributed by atoms with Crippen molar-refractivity contribution in [2.24, 2.45) is 11.1 Å². The number of nitrogens with one attached hydrogen (secondary N) is 1. The molecule has 0 aliphatic heterocycles. The molecule has 1 aromatic carbocycles. The Bertz CT molecular complexity index is 1530. The van der Waals surface area contributed by atoms with E-state index in [0.29, 0.717) is 12.1 Å². The van der Waals surface area contributed by atoms with Crippen molar-refractivity contribution in [3.05, 3.63) is 70.9 Å². The molecule has 12 nitrogen and oxygen atoms in total. The van der Waals surface area contributed by atoms with Crippen molar-refractivity contribution in [2.45, 2.75) is 43.6 Å². The molecule has 0 spiro atoms. The fraction of sp³-hybridized carbons (Fsp3) is 0.391. The number of ketones is 1. The molecule has 19 heteroatoms. The number of benzene rings is 1. The van der Waals surface area contributed by atoms with Crippen LogP contribution in [-0.2, 0) is 33.4 Å². The molecule has 4 rings (SSSR count). The lowest BCUT2D eigenvalue weighted by atomic mass is 10.0. The molecule has 5 N–H and O–H groups in total. The number of hydrogen-bond donors (Lipinski definition) is 4. The molecule has 0 unspecified atom stereocenters. The topological polar surface area (TPSA) is 183 Å².